The molecule has 2 rings (SSSR count). The second kappa shape index (κ2) is 6.02. The molecule has 1 N–H and O–H groups in total. The second-order valence-electron chi connectivity index (χ2n) is 4.95. The Morgan fingerprint density at radius 2 is 2.00 bits per heavy atom. The van der Waals surface area contributed by atoms with Crippen LogP contribution in [0.2, 0.25) is 0 Å². The van der Waals surface area contributed by atoms with E-state index in [-0.39, 0.29) is 0 Å². The molecule has 0 aliphatic carbocycles. The maximum atomic E-state index is 10.3. The normalized spacial score (nSPS) is 12.6. The summed E-state index contributed by atoms with van der Waals surface area (Å²) in [6.45, 7) is 6.78. The van der Waals surface area contributed by atoms with Crippen LogP contribution in [-0.2, 0) is 19.4 Å². The lowest BCUT2D eigenvalue weighted by atomic mass is 10.1. The molecule has 0 bridgehead atoms. The number of rotatable bonds is 5. The highest BCUT2D eigenvalue weighted by Gasteiger charge is 2.12. The van der Waals surface area contributed by atoms with Crippen molar-refractivity contribution in [1.29, 1.82) is 0 Å². The molecule has 0 spiro atoms. The number of aryl methyl sites for hydroxylation is 3. The van der Waals surface area contributed by atoms with E-state index in [2.05, 4.69) is 25.0 Å². The summed E-state index contributed by atoms with van der Waals surface area (Å²) in [5.74, 6) is 0. The van der Waals surface area contributed by atoms with E-state index < -0.39 is 6.10 Å². The van der Waals surface area contributed by atoms with Gasteiger partial charge in [0.25, 0.3) is 0 Å². The maximum Gasteiger partial charge on any atom is 0.0986 e. The largest absolute Gasteiger partial charge is 0.386 e. The number of hydrogen-bond acceptors (Lipinski definition) is 2. The molecule has 0 amide bonds. The van der Waals surface area contributed by atoms with Crippen molar-refractivity contribution >= 4 is 0 Å². The first-order valence-corrected chi connectivity index (χ1v) is 6.94. The average Bonchev–Trinajstić information content (AvgIpc) is 2.81. The monoisotopic (exact) mass is 258 g/mol. The van der Waals surface area contributed by atoms with Gasteiger partial charge in [-0.25, -0.2) is 0 Å². The van der Waals surface area contributed by atoms with Gasteiger partial charge in [-0.15, -0.1) is 0 Å². The predicted molar refractivity (Wildman–Crippen MR) is 77.1 cm³/mol. The van der Waals surface area contributed by atoms with Gasteiger partial charge < -0.3 is 5.11 Å². The van der Waals surface area contributed by atoms with Gasteiger partial charge in [0, 0.05) is 5.69 Å². The summed E-state index contributed by atoms with van der Waals surface area (Å²) in [5, 5.41) is 14.9. The van der Waals surface area contributed by atoms with Crippen LogP contribution in [0.3, 0.4) is 0 Å². The van der Waals surface area contributed by atoms with Gasteiger partial charge in [-0.3, -0.25) is 4.68 Å². The van der Waals surface area contributed by atoms with Gasteiger partial charge in [0.05, 0.1) is 18.3 Å². The molecule has 1 atom stereocenters. The topological polar surface area (TPSA) is 38.0 Å². The van der Waals surface area contributed by atoms with E-state index >= 15 is 0 Å². The number of aliphatic hydroxyl groups excluding tert-OH is 1. The number of aromatic nitrogens is 2. The Hall–Kier alpha value is -1.61. The van der Waals surface area contributed by atoms with Crippen molar-refractivity contribution in [3.63, 3.8) is 0 Å². The zero-order valence-corrected chi connectivity index (χ0v) is 11.9. The molecule has 0 saturated heterocycles. The standard InChI is InChI=1S/C16H22N2O/c1-4-14-10-15(5-2)18(17-14)11-16(19)13-8-6-7-12(3)9-13/h6-10,16,19H,4-5,11H2,1-3H3. The molecule has 1 aromatic carbocycles. The molecule has 0 radical (unpaired) electrons. The maximum absolute atomic E-state index is 10.3. The lowest BCUT2D eigenvalue weighted by Crippen LogP contribution is -2.12. The summed E-state index contributed by atoms with van der Waals surface area (Å²) in [7, 11) is 0. The fraction of sp³-hybridized carbons (Fsp3) is 0.438. The van der Waals surface area contributed by atoms with E-state index in [9.17, 15) is 5.11 Å². The number of benzene rings is 1. The third-order valence-corrected chi connectivity index (χ3v) is 3.41. The van der Waals surface area contributed by atoms with Gasteiger partial charge in [0.1, 0.15) is 0 Å². The first-order chi connectivity index (χ1) is 9.13. The molecule has 1 unspecified atom stereocenters. The van der Waals surface area contributed by atoms with Crippen molar-refractivity contribution in [3.8, 4) is 0 Å². The van der Waals surface area contributed by atoms with E-state index in [1.54, 1.807) is 0 Å². The zero-order valence-electron chi connectivity index (χ0n) is 11.9. The summed E-state index contributed by atoms with van der Waals surface area (Å²) < 4.78 is 1.94. The van der Waals surface area contributed by atoms with E-state index in [4.69, 9.17) is 0 Å². The highest BCUT2D eigenvalue weighted by molar-refractivity contribution is 5.24. The molecule has 1 heterocycles. The van der Waals surface area contributed by atoms with Crippen LogP contribution in [0.1, 0.15) is 42.5 Å². The molecule has 0 aliphatic heterocycles. The Balaban J connectivity index is 2.18. The van der Waals surface area contributed by atoms with Crippen molar-refractivity contribution in [3.05, 3.63) is 52.8 Å². The zero-order chi connectivity index (χ0) is 13.8. The van der Waals surface area contributed by atoms with Gasteiger partial charge in [0.15, 0.2) is 0 Å². The van der Waals surface area contributed by atoms with Crippen LogP contribution in [0.25, 0.3) is 0 Å². The molecular weight excluding hydrogens is 236 g/mol. The summed E-state index contributed by atoms with van der Waals surface area (Å²) in [5.41, 5.74) is 4.40. The fourth-order valence-corrected chi connectivity index (χ4v) is 2.28. The van der Waals surface area contributed by atoms with Crippen LogP contribution in [0.15, 0.2) is 30.3 Å². The molecule has 0 fully saturated rings. The Labute approximate surface area is 114 Å². The van der Waals surface area contributed by atoms with Crippen LogP contribution in [0.4, 0.5) is 0 Å². The Bertz CT molecular complexity index is 545. The molecule has 2 aromatic rings. The number of hydrogen-bond donors (Lipinski definition) is 1. The van der Waals surface area contributed by atoms with Gasteiger partial charge in [-0.1, -0.05) is 43.7 Å². The first kappa shape index (κ1) is 13.8. The lowest BCUT2D eigenvalue weighted by molar-refractivity contribution is 0.150. The molecule has 0 saturated carbocycles. The second-order valence-corrected chi connectivity index (χ2v) is 4.95. The minimum atomic E-state index is -0.505. The van der Waals surface area contributed by atoms with Crippen LogP contribution in [0.5, 0.6) is 0 Å². The van der Waals surface area contributed by atoms with Gasteiger partial charge >= 0.3 is 0 Å². The molecule has 0 aliphatic rings. The van der Waals surface area contributed by atoms with Gasteiger partial charge in [0.2, 0.25) is 0 Å². The van der Waals surface area contributed by atoms with Crippen molar-refractivity contribution < 1.29 is 5.11 Å². The predicted octanol–water partition coefficient (Wildman–Crippen LogP) is 3.05. The summed E-state index contributed by atoms with van der Waals surface area (Å²) >= 11 is 0. The van der Waals surface area contributed by atoms with Crippen LogP contribution < -0.4 is 0 Å². The SMILES string of the molecule is CCc1cc(CC)n(CC(O)c2cccc(C)c2)n1. The minimum Gasteiger partial charge on any atom is -0.386 e. The Kier molecular flexibility index (Phi) is 4.38. The highest BCUT2D eigenvalue weighted by atomic mass is 16.3. The molecule has 1 aromatic heterocycles. The van der Waals surface area contributed by atoms with Gasteiger partial charge in [-0.2, -0.15) is 5.10 Å². The summed E-state index contributed by atoms with van der Waals surface area (Å²) in [4.78, 5) is 0. The first-order valence-electron chi connectivity index (χ1n) is 6.94. The third-order valence-electron chi connectivity index (χ3n) is 3.41. The minimum absolute atomic E-state index is 0.505. The Morgan fingerprint density at radius 3 is 2.63 bits per heavy atom. The molecule has 102 valence electrons. The van der Waals surface area contributed by atoms with E-state index in [1.807, 2.05) is 35.9 Å². The molecule has 19 heavy (non-hydrogen) atoms. The molecule has 3 heteroatoms. The van der Waals surface area contributed by atoms with Crippen LogP contribution in [-0.4, -0.2) is 14.9 Å². The van der Waals surface area contributed by atoms with E-state index in [0.29, 0.717) is 6.54 Å². The average molecular weight is 258 g/mol. The van der Waals surface area contributed by atoms with E-state index in [1.165, 1.54) is 11.3 Å². The van der Waals surface area contributed by atoms with Crippen molar-refractivity contribution in [2.75, 3.05) is 0 Å². The Morgan fingerprint density at radius 1 is 1.21 bits per heavy atom. The summed E-state index contributed by atoms with van der Waals surface area (Å²) in [6, 6.07) is 10.1. The molecule has 3 nitrogen and oxygen atoms in total. The van der Waals surface area contributed by atoms with E-state index in [0.717, 1.165) is 24.1 Å². The highest BCUT2D eigenvalue weighted by Crippen LogP contribution is 2.18. The smallest absolute Gasteiger partial charge is 0.0986 e. The third kappa shape index (κ3) is 3.24. The quantitative estimate of drug-likeness (QED) is 0.895. The van der Waals surface area contributed by atoms with Crippen LogP contribution >= 0.6 is 0 Å². The van der Waals surface area contributed by atoms with Crippen LogP contribution in [0, 0.1) is 6.92 Å². The number of aliphatic hydroxyl groups is 1. The van der Waals surface area contributed by atoms with Crippen molar-refractivity contribution in [1.82, 2.24) is 9.78 Å². The molecular formula is C16H22N2O. The summed E-state index contributed by atoms with van der Waals surface area (Å²) in [6.07, 6.45) is 1.36. The number of nitrogens with zero attached hydrogens (tertiary/aromatic N) is 2. The lowest BCUT2D eigenvalue weighted by Gasteiger charge is -2.13. The van der Waals surface area contributed by atoms with Crippen molar-refractivity contribution in [2.24, 2.45) is 0 Å². The fourth-order valence-electron chi connectivity index (χ4n) is 2.28. The van der Waals surface area contributed by atoms with Crippen molar-refractivity contribution in [2.45, 2.75) is 46.3 Å². The van der Waals surface area contributed by atoms with Gasteiger partial charge in [-0.05, 0) is 31.4 Å².